The lowest BCUT2D eigenvalue weighted by molar-refractivity contribution is -0.0179. The Balaban J connectivity index is 2.12. The molecule has 1 fully saturated rings. The van der Waals surface area contributed by atoms with E-state index in [0.717, 1.165) is 24.3 Å². The summed E-state index contributed by atoms with van der Waals surface area (Å²) < 4.78 is 11.3. The standard InChI is InChI=1S/C15H22O3/c1-10(2)18-13-6-4-5-12(9-13)14(16)15-11(3)7-8-17-15/h4-6,9-11,14-16H,7-8H2,1-3H3. The molecule has 0 amide bonds. The topological polar surface area (TPSA) is 38.7 Å². The fraction of sp³-hybridized carbons (Fsp3) is 0.600. The molecule has 1 aromatic rings. The van der Waals surface area contributed by atoms with Gasteiger partial charge in [-0.3, -0.25) is 0 Å². The van der Waals surface area contributed by atoms with Gasteiger partial charge in [0, 0.05) is 6.61 Å². The molecule has 1 saturated heterocycles. The molecular weight excluding hydrogens is 228 g/mol. The summed E-state index contributed by atoms with van der Waals surface area (Å²) >= 11 is 0. The molecule has 3 unspecified atom stereocenters. The van der Waals surface area contributed by atoms with Gasteiger partial charge in [0.2, 0.25) is 0 Å². The Morgan fingerprint density at radius 3 is 2.78 bits per heavy atom. The van der Waals surface area contributed by atoms with Crippen molar-refractivity contribution in [3.05, 3.63) is 29.8 Å². The number of benzene rings is 1. The van der Waals surface area contributed by atoms with Crippen molar-refractivity contribution in [2.75, 3.05) is 6.61 Å². The predicted molar refractivity (Wildman–Crippen MR) is 70.7 cm³/mol. The lowest BCUT2D eigenvalue weighted by atomic mass is 9.95. The van der Waals surface area contributed by atoms with Crippen molar-refractivity contribution in [3.63, 3.8) is 0 Å². The molecule has 0 bridgehead atoms. The number of ether oxygens (including phenoxy) is 2. The Labute approximate surface area is 109 Å². The Hall–Kier alpha value is -1.06. The largest absolute Gasteiger partial charge is 0.491 e. The zero-order valence-corrected chi connectivity index (χ0v) is 11.3. The van der Waals surface area contributed by atoms with E-state index in [9.17, 15) is 5.11 Å². The fourth-order valence-corrected chi connectivity index (χ4v) is 2.35. The molecule has 18 heavy (non-hydrogen) atoms. The zero-order chi connectivity index (χ0) is 13.1. The molecule has 0 saturated carbocycles. The predicted octanol–water partition coefficient (Wildman–Crippen LogP) is 2.93. The molecule has 0 radical (unpaired) electrons. The first-order valence-corrected chi connectivity index (χ1v) is 6.64. The third-order valence-electron chi connectivity index (χ3n) is 3.33. The van der Waals surface area contributed by atoms with E-state index in [1.54, 1.807) is 0 Å². The number of aliphatic hydroxyl groups excluding tert-OH is 1. The monoisotopic (exact) mass is 250 g/mol. The maximum Gasteiger partial charge on any atom is 0.120 e. The van der Waals surface area contributed by atoms with Crippen LogP contribution in [0.2, 0.25) is 0 Å². The van der Waals surface area contributed by atoms with Gasteiger partial charge >= 0.3 is 0 Å². The van der Waals surface area contributed by atoms with Crippen molar-refractivity contribution in [1.29, 1.82) is 0 Å². The van der Waals surface area contributed by atoms with Crippen LogP contribution in [0.5, 0.6) is 5.75 Å². The van der Waals surface area contributed by atoms with E-state index in [0.29, 0.717) is 5.92 Å². The van der Waals surface area contributed by atoms with E-state index in [1.165, 1.54) is 0 Å². The molecule has 0 aromatic heterocycles. The summed E-state index contributed by atoms with van der Waals surface area (Å²) in [5, 5.41) is 10.4. The molecule has 0 aliphatic carbocycles. The summed E-state index contributed by atoms with van der Waals surface area (Å²) in [5.41, 5.74) is 0.868. The first kappa shape index (κ1) is 13.4. The molecular formula is C15H22O3. The van der Waals surface area contributed by atoms with E-state index in [-0.39, 0.29) is 12.2 Å². The van der Waals surface area contributed by atoms with Gasteiger partial charge in [-0.05, 0) is 43.9 Å². The first-order valence-electron chi connectivity index (χ1n) is 6.64. The van der Waals surface area contributed by atoms with E-state index < -0.39 is 6.10 Å². The van der Waals surface area contributed by atoms with Crippen LogP contribution in [0.3, 0.4) is 0 Å². The van der Waals surface area contributed by atoms with Crippen LogP contribution in [0.4, 0.5) is 0 Å². The summed E-state index contributed by atoms with van der Waals surface area (Å²) in [6.45, 7) is 6.84. The average Bonchev–Trinajstić information content (AvgIpc) is 2.74. The van der Waals surface area contributed by atoms with Crippen LogP contribution >= 0.6 is 0 Å². The molecule has 1 N–H and O–H groups in total. The first-order chi connectivity index (χ1) is 8.58. The van der Waals surface area contributed by atoms with E-state index >= 15 is 0 Å². The Kier molecular flexibility index (Phi) is 4.25. The van der Waals surface area contributed by atoms with Crippen LogP contribution in [-0.2, 0) is 4.74 Å². The van der Waals surface area contributed by atoms with Gasteiger partial charge in [-0.25, -0.2) is 0 Å². The fourth-order valence-electron chi connectivity index (χ4n) is 2.35. The van der Waals surface area contributed by atoms with Gasteiger partial charge in [-0.1, -0.05) is 19.1 Å². The summed E-state index contributed by atoms with van der Waals surface area (Å²) in [7, 11) is 0. The quantitative estimate of drug-likeness (QED) is 0.893. The van der Waals surface area contributed by atoms with Crippen LogP contribution in [-0.4, -0.2) is 23.9 Å². The van der Waals surface area contributed by atoms with E-state index in [2.05, 4.69) is 6.92 Å². The maximum atomic E-state index is 10.4. The lowest BCUT2D eigenvalue weighted by Crippen LogP contribution is -2.23. The highest BCUT2D eigenvalue weighted by atomic mass is 16.5. The highest BCUT2D eigenvalue weighted by Crippen LogP contribution is 2.32. The summed E-state index contributed by atoms with van der Waals surface area (Å²) in [6, 6.07) is 7.65. The molecule has 1 aliphatic rings. The van der Waals surface area contributed by atoms with Crippen molar-refractivity contribution in [2.24, 2.45) is 5.92 Å². The van der Waals surface area contributed by atoms with Crippen LogP contribution in [0.1, 0.15) is 38.9 Å². The van der Waals surface area contributed by atoms with Crippen molar-refractivity contribution in [3.8, 4) is 5.75 Å². The normalized spacial score (nSPS) is 25.4. The molecule has 3 nitrogen and oxygen atoms in total. The minimum Gasteiger partial charge on any atom is -0.491 e. The van der Waals surface area contributed by atoms with Crippen LogP contribution in [0.15, 0.2) is 24.3 Å². The molecule has 1 aromatic carbocycles. The average molecular weight is 250 g/mol. The van der Waals surface area contributed by atoms with Gasteiger partial charge in [0.15, 0.2) is 0 Å². The molecule has 3 heteroatoms. The second-order valence-electron chi connectivity index (χ2n) is 5.29. The SMILES string of the molecule is CC(C)Oc1cccc(C(O)C2OCCC2C)c1. The van der Waals surface area contributed by atoms with Crippen LogP contribution in [0, 0.1) is 5.92 Å². The second kappa shape index (κ2) is 5.72. The number of rotatable bonds is 4. The van der Waals surface area contributed by atoms with Crippen LogP contribution in [0.25, 0.3) is 0 Å². The van der Waals surface area contributed by atoms with Crippen molar-refractivity contribution >= 4 is 0 Å². The van der Waals surface area contributed by atoms with Gasteiger partial charge in [0.1, 0.15) is 11.9 Å². The van der Waals surface area contributed by atoms with E-state index in [1.807, 2.05) is 38.1 Å². The molecule has 2 rings (SSSR count). The third-order valence-corrected chi connectivity index (χ3v) is 3.33. The van der Waals surface area contributed by atoms with Crippen molar-refractivity contribution < 1.29 is 14.6 Å². The summed E-state index contributed by atoms with van der Waals surface area (Å²) in [6.07, 6.45) is 0.487. The number of hydrogen-bond acceptors (Lipinski definition) is 3. The Morgan fingerprint density at radius 1 is 1.39 bits per heavy atom. The maximum absolute atomic E-state index is 10.4. The highest BCUT2D eigenvalue weighted by molar-refractivity contribution is 5.30. The molecule has 0 spiro atoms. The summed E-state index contributed by atoms with van der Waals surface area (Å²) in [4.78, 5) is 0. The smallest absolute Gasteiger partial charge is 0.120 e. The number of hydrogen-bond donors (Lipinski definition) is 1. The Morgan fingerprint density at radius 2 is 2.17 bits per heavy atom. The van der Waals surface area contributed by atoms with Gasteiger partial charge in [0.25, 0.3) is 0 Å². The second-order valence-corrected chi connectivity index (χ2v) is 5.29. The molecule has 1 aliphatic heterocycles. The van der Waals surface area contributed by atoms with Crippen LogP contribution < -0.4 is 4.74 Å². The Bertz CT molecular complexity index is 389. The lowest BCUT2D eigenvalue weighted by Gasteiger charge is -2.22. The van der Waals surface area contributed by atoms with Crippen molar-refractivity contribution in [1.82, 2.24) is 0 Å². The molecule has 100 valence electrons. The highest BCUT2D eigenvalue weighted by Gasteiger charge is 2.31. The van der Waals surface area contributed by atoms with Gasteiger partial charge in [-0.2, -0.15) is 0 Å². The van der Waals surface area contributed by atoms with Gasteiger partial charge in [-0.15, -0.1) is 0 Å². The van der Waals surface area contributed by atoms with Crippen molar-refractivity contribution in [2.45, 2.75) is 45.5 Å². The minimum atomic E-state index is -0.571. The van der Waals surface area contributed by atoms with E-state index in [4.69, 9.17) is 9.47 Å². The molecule has 3 atom stereocenters. The zero-order valence-electron chi connectivity index (χ0n) is 11.3. The third kappa shape index (κ3) is 3.03. The van der Waals surface area contributed by atoms with Gasteiger partial charge in [0.05, 0.1) is 12.2 Å². The summed E-state index contributed by atoms with van der Waals surface area (Å²) in [5.74, 6) is 1.20. The number of aliphatic hydroxyl groups is 1. The molecule has 1 heterocycles. The minimum absolute atomic E-state index is 0.0979. The van der Waals surface area contributed by atoms with Gasteiger partial charge < -0.3 is 14.6 Å².